The fraction of sp³-hybridized carbons (Fsp3) is 0.400. The van der Waals surface area contributed by atoms with Crippen LogP contribution in [0.25, 0.3) is 0 Å². The van der Waals surface area contributed by atoms with Gasteiger partial charge in [-0.05, 0) is 31.5 Å². The molecular formula is C10H14O4. The van der Waals surface area contributed by atoms with Gasteiger partial charge >= 0.3 is 0 Å². The third kappa shape index (κ3) is 3.33. The van der Waals surface area contributed by atoms with E-state index in [1.54, 1.807) is 12.1 Å². The van der Waals surface area contributed by atoms with Crippen molar-refractivity contribution in [3.05, 3.63) is 29.8 Å². The van der Waals surface area contributed by atoms with Gasteiger partial charge in [0.1, 0.15) is 6.10 Å². The molecule has 1 aromatic carbocycles. The van der Waals surface area contributed by atoms with E-state index in [2.05, 4.69) is 4.89 Å². The second kappa shape index (κ2) is 4.95. The summed E-state index contributed by atoms with van der Waals surface area (Å²) in [5.41, 5.74) is 1.03. The van der Waals surface area contributed by atoms with Gasteiger partial charge in [0.05, 0.1) is 0 Å². The lowest BCUT2D eigenvalue weighted by Gasteiger charge is -2.13. The summed E-state index contributed by atoms with van der Waals surface area (Å²) in [6, 6.07) is 7.18. The minimum atomic E-state index is -1.34. The normalized spacial score (nSPS) is 14.9. The number of aliphatic hydroxyl groups is 2. The van der Waals surface area contributed by atoms with Gasteiger partial charge in [-0.15, -0.1) is 0 Å². The Balaban J connectivity index is 2.45. The molecule has 0 bridgehead atoms. The molecule has 0 aliphatic rings. The van der Waals surface area contributed by atoms with E-state index in [9.17, 15) is 0 Å². The average molecular weight is 198 g/mol. The molecule has 2 N–H and O–H groups in total. The number of aliphatic hydroxyl groups excluding tert-OH is 2. The molecule has 0 amide bonds. The number of benzene rings is 1. The Morgan fingerprint density at radius 1 is 1.29 bits per heavy atom. The van der Waals surface area contributed by atoms with Crippen molar-refractivity contribution in [2.45, 2.75) is 26.2 Å². The molecular weight excluding hydrogens is 184 g/mol. The van der Waals surface area contributed by atoms with Crippen LogP contribution in [-0.2, 0) is 4.89 Å². The molecule has 0 heterocycles. The summed E-state index contributed by atoms with van der Waals surface area (Å²) in [5.74, 6) is 0.490. The SMILES string of the molecule is Cc1cccc(OOC(O)C(C)O)c1. The Hall–Kier alpha value is -1.10. The van der Waals surface area contributed by atoms with E-state index in [4.69, 9.17) is 15.1 Å². The van der Waals surface area contributed by atoms with Crippen molar-refractivity contribution in [2.75, 3.05) is 0 Å². The van der Waals surface area contributed by atoms with Crippen LogP contribution in [-0.4, -0.2) is 22.6 Å². The molecule has 0 radical (unpaired) electrons. The lowest BCUT2D eigenvalue weighted by Crippen LogP contribution is -2.27. The summed E-state index contributed by atoms with van der Waals surface area (Å²) in [7, 11) is 0. The number of rotatable bonds is 4. The Morgan fingerprint density at radius 3 is 2.57 bits per heavy atom. The zero-order valence-corrected chi connectivity index (χ0v) is 8.18. The Bertz CT molecular complexity index is 285. The van der Waals surface area contributed by atoms with E-state index >= 15 is 0 Å². The molecule has 1 aromatic rings. The molecule has 4 heteroatoms. The fourth-order valence-corrected chi connectivity index (χ4v) is 0.852. The van der Waals surface area contributed by atoms with Crippen LogP contribution in [0.15, 0.2) is 24.3 Å². The molecule has 1 rings (SSSR count). The van der Waals surface area contributed by atoms with Crippen molar-refractivity contribution in [2.24, 2.45) is 0 Å². The van der Waals surface area contributed by atoms with E-state index in [1.165, 1.54) is 6.92 Å². The smallest absolute Gasteiger partial charge is 0.226 e. The Labute approximate surface area is 82.6 Å². The number of hydrogen-bond donors (Lipinski definition) is 2. The van der Waals surface area contributed by atoms with Crippen molar-refractivity contribution in [3.8, 4) is 5.75 Å². The maximum absolute atomic E-state index is 9.06. The van der Waals surface area contributed by atoms with Gasteiger partial charge < -0.3 is 15.1 Å². The molecule has 14 heavy (non-hydrogen) atoms. The molecule has 4 nitrogen and oxygen atoms in total. The van der Waals surface area contributed by atoms with Crippen molar-refractivity contribution in [1.82, 2.24) is 0 Å². The summed E-state index contributed by atoms with van der Waals surface area (Å²) in [6.45, 7) is 3.32. The predicted molar refractivity (Wildman–Crippen MR) is 50.6 cm³/mol. The second-order valence-corrected chi connectivity index (χ2v) is 3.13. The van der Waals surface area contributed by atoms with Crippen LogP contribution in [0.4, 0.5) is 0 Å². The number of hydrogen-bond acceptors (Lipinski definition) is 4. The monoisotopic (exact) mass is 198 g/mol. The standard InChI is InChI=1S/C10H14O4/c1-7-4-3-5-9(6-7)13-14-10(12)8(2)11/h3-6,8,10-12H,1-2H3. The topological polar surface area (TPSA) is 58.9 Å². The van der Waals surface area contributed by atoms with Gasteiger partial charge in [-0.2, -0.15) is 4.89 Å². The van der Waals surface area contributed by atoms with E-state index in [0.29, 0.717) is 5.75 Å². The molecule has 78 valence electrons. The highest BCUT2D eigenvalue weighted by Crippen LogP contribution is 2.13. The maximum Gasteiger partial charge on any atom is 0.226 e. The van der Waals surface area contributed by atoms with Crippen LogP contribution in [0.5, 0.6) is 5.75 Å². The molecule has 0 aromatic heterocycles. The van der Waals surface area contributed by atoms with Crippen LogP contribution < -0.4 is 4.89 Å². The third-order valence-electron chi connectivity index (χ3n) is 1.65. The third-order valence-corrected chi connectivity index (χ3v) is 1.65. The van der Waals surface area contributed by atoms with E-state index in [-0.39, 0.29) is 0 Å². The second-order valence-electron chi connectivity index (χ2n) is 3.13. The van der Waals surface area contributed by atoms with Gasteiger partial charge in [0.15, 0.2) is 5.75 Å². The van der Waals surface area contributed by atoms with Crippen LogP contribution in [0.2, 0.25) is 0 Å². The minimum absolute atomic E-state index is 0.490. The largest absolute Gasteiger partial charge is 0.388 e. The molecule has 0 spiro atoms. The zero-order chi connectivity index (χ0) is 10.6. The quantitative estimate of drug-likeness (QED) is 0.430. The van der Waals surface area contributed by atoms with Crippen LogP contribution in [0.3, 0.4) is 0 Å². The van der Waals surface area contributed by atoms with Crippen molar-refractivity contribution >= 4 is 0 Å². The molecule has 0 saturated carbocycles. The van der Waals surface area contributed by atoms with Gasteiger partial charge in [0, 0.05) is 0 Å². The van der Waals surface area contributed by atoms with Crippen LogP contribution in [0.1, 0.15) is 12.5 Å². The van der Waals surface area contributed by atoms with Gasteiger partial charge in [0.25, 0.3) is 0 Å². The molecule has 0 fully saturated rings. The lowest BCUT2D eigenvalue weighted by atomic mass is 10.2. The zero-order valence-electron chi connectivity index (χ0n) is 8.18. The first-order chi connectivity index (χ1) is 6.59. The summed E-state index contributed by atoms with van der Waals surface area (Å²) in [4.78, 5) is 9.35. The lowest BCUT2D eigenvalue weighted by molar-refractivity contribution is -0.326. The summed E-state index contributed by atoms with van der Waals surface area (Å²) < 4.78 is 0. The summed E-state index contributed by atoms with van der Waals surface area (Å²) >= 11 is 0. The van der Waals surface area contributed by atoms with Gasteiger partial charge in [-0.3, -0.25) is 0 Å². The van der Waals surface area contributed by atoms with Crippen LogP contribution >= 0.6 is 0 Å². The highest BCUT2D eigenvalue weighted by atomic mass is 17.2. The van der Waals surface area contributed by atoms with Gasteiger partial charge in [0.2, 0.25) is 6.29 Å². The summed E-state index contributed by atoms with van der Waals surface area (Å²) in [6.07, 6.45) is -2.32. The highest BCUT2D eigenvalue weighted by molar-refractivity contribution is 5.26. The molecule has 0 saturated heterocycles. The Kier molecular flexibility index (Phi) is 3.88. The molecule has 0 aliphatic carbocycles. The first-order valence-electron chi connectivity index (χ1n) is 4.35. The van der Waals surface area contributed by atoms with Crippen molar-refractivity contribution in [1.29, 1.82) is 0 Å². The molecule has 2 atom stereocenters. The van der Waals surface area contributed by atoms with Gasteiger partial charge in [-0.25, -0.2) is 0 Å². The Morgan fingerprint density at radius 2 is 2.00 bits per heavy atom. The predicted octanol–water partition coefficient (Wildman–Crippen LogP) is 1.00. The van der Waals surface area contributed by atoms with E-state index < -0.39 is 12.4 Å². The van der Waals surface area contributed by atoms with Gasteiger partial charge in [-0.1, -0.05) is 12.1 Å². The van der Waals surface area contributed by atoms with Crippen molar-refractivity contribution < 1.29 is 20.0 Å². The minimum Gasteiger partial charge on any atom is -0.388 e. The van der Waals surface area contributed by atoms with E-state index in [1.807, 2.05) is 19.1 Å². The average Bonchev–Trinajstić information content (AvgIpc) is 2.14. The fourth-order valence-electron chi connectivity index (χ4n) is 0.852. The highest BCUT2D eigenvalue weighted by Gasteiger charge is 2.12. The summed E-state index contributed by atoms with van der Waals surface area (Å²) in [5, 5.41) is 18.0. The van der Waals surface area contributed by atoms with Crippen LogP contribution in [0, 0.1) is 6.92 Å². The molecule has 0 aliphatic heterocycles. The maximum atomic E-state index is 9.06. The van der Waals surface area contributed by atoms with E-state index in [0.717, 1.165) is 5.56 Å². The van der Waals surface area contributed by atoms with Crippen molar-refractivity contribution in [3.63, 3.8) is 0 Å². The number of aryl methyl sites for hydroxylation is 1. The first-order valence-corrected chi connectivity index (χ1v) is 4.35. The molecule has 2 unspecified atom stereocenters. The first kappa shape index (κ1) is 11.0.